The van der Waals surface area contributed by atoms with Crippen molar-refractivity contribution < 1.29 is 0 Å². The van der Waals surface area contributed by atoms with Crippen molar-refractivity contribution in [2.24, 2.45) is 0 Å². The van der Waals surface area contributed by atoms with Crippen molar-refractivity contribution in [3.8, 4) is 11.1 Å². The summed E-state index contributed by atoms with van der Waals surface area (Å²) in [6, 6.07) is 29.4. The second-order valence-electron chi connectivity index (χ2n) is 9.65. The van der Waals surface area contributed by atoms with Gasteiger partial charge >= 0.3 is 0 Å². The summed E-state index contributed by atoms with van der Waals surface area (Å²) in [7, 11) is 0. The van der Waals surface area contributed by atoms with Gasteiger partial charge in [0.1, 0.15) is 0 Å². The van der Waals surface area contributed by atoms with Crippen LogP contribution in [-0.4, -0.2) is 4.57 Å². The van der Waals surface area contributed by atoms with E-state index in [0.717, 1.165) is 6.54 Å². The molecule has 152 valence electrons. The lowest BCUT2D eigenvalue weighted by Gasteiger charge is -2.22. The largest absolute Gasteiger partial charge is 0.336 e. The lowest BCUT2D eigenvalue weighted by molar-refractivity contribution is 0.666. The van der Waals surface area contributed by atoms with Crippen LogP contribution < -0.4 is 0 Å². The van der Waals surface area contributed by atoms with Gasteiger partial charge < -0.3 is 4.57 Å². The number of para-hydroxylation sites is 1. The molecule has 1 aliphatic carbocycles. The molecule has 1 aromatic heterocycles. The van der Waals surface area contributed by atoms with E-state index in [0.29, 0.717) is 0 Å². The van der Waals surface area contributed by atoms with Gasteiger partial charge in [0, 0.05) is 33.8 Å². The van der Waals surface area contributed by atoms with E-state index in [4.69, 9.17) is 0 Å². The maximum Gasteiger partial charge on any atom is 0.0498 e. The molecule has 31 heavy (non-hydrogen) atoms. The molecule has 6 rings (SSSR count). The summed E-state index contributed by atoms with van der Waals surface area (Å²) in [5.74, 6) is 0. The van der Waals surface area contributed by atoms with Crippen LogP contribution in [0.5, 0.6) is 0 Å². The summed E-state index contributed by atoms with van der Waals surface area (Å²) in [6.45, 7) is 10.0. The maximum atomic E-state index is 2.51. The third-order valence-electron chi connectivity index (χ3n) is 7.08. The second kappa shape index (κ2) is 6.34. The van der Waals surface area contributed by atoms with Crippen LogP contribution in [0.1, 0.15) is 41.7 Å². The Bertz CT molecular complexity index is 1480. The molecule has 1 nitrogen and oxygen atoms in total. The molecular weight excluding hydrogens is 374 g/mol. The van der Waals surface area contributed by atoms with Gasteiger partial charge in [-0.3, -0.25) is 0 Å². The zero-order valence-electron chi connectivity index (χ0n) is 18.7. The molecule has 1 heteroatoms. The molecule has 0 radical (unpaired) electrons. The van der Waals surface area contributed by atoms with Crippen molar-refractivity contribution in [1.82, 2.24) is 4.57 Å². The Morgan fingerprint density at radius 1 is 0.710 bits per heavy atom. The molecule has 0 amide bonds. The van der Waals surface area contributed by atoms with Gasteiger partial charge in [0.05, 0.1) is 0 Å². The third-order valence-corrected chi connectivity index (χ3v) is 7.08. The predicted octanol–water partition coefficient (Wildman–Crippen LogP) is 7.77. The third kappa shape index (κ3) is 2.56. The Hall–Kier alpha value is -3.32. The first-order valence-corrected chi connectivity index (χ1v) is 11.2. The number of hydrogen-bond acceptors (Lipinski definition) is 0. The Kier molecular flexibility index (Phi) is 3.77. The quantitative estimate of drug-likeness (QED) is 0.285. The van der Waals surface area contributed by atoms with Gasteiger partial charge in [0.15, 0.2) is 0 Å². The monoisotopic (exact) mass is 401 g/mol. The predicted molar refractivity (Wildman–Crippen MR) is 132 cm³/mol. The molecule has 0 spiro atoms. The summed E-state index contributed by atoms with van der Waals surface area (Å²) in [5, 5.41) is 2.78. The Morgan fingerprint density at radius 2 is 1.42 bits per heavy atom. The molecule has 1 heterocycles. The summed E-state index contributed by atoms with van der Waals surface area (Å²) in [5.41, 5.74) is 12.3. The lowest BCUT2D eigenvalue weighted by Crippen LogP contribution is -2.15. The number of rotatable bonds is 2. The highest BCUT2D eigenvalue weighted by molar-refractivity contribution is 6.13. The van der Waals surface area contributed by atoms with Crippen molar-refractivity contribution in [2.45, 2.75) is 39.7 Å². The van der Waals surface area contributed by atoms with E-state index >= 15 is 0 Å². The number of hydrogen-bond donors (Lipinski definition) is 0. The normalized spacial score (nSPS) is 14.2. The van der Waals surface area contributed by atoms with E-state index in [1.54, 1.807) is 0 Å². The summed E-state index contributed by atoms with van der Waals surface area (Å²) in [6.07, 6.45) is 0. The fraction of sp³-hybridized carbons (Fsp3) is 0.200. The Labute approximate surface area is 184 Å². The molecule has 0 bridgehead atoms. The van der Waals surface area contributed by atoms with Crippen LogP contribution in [-0.2, 0) is 12.0 Å². The molecule has 0 fully saturated rings. The van der Waals surface area contributed by atoms with E-state index in [1.807, 2.05) is 0 Å². The highest BCUT2D eigenvalue weighted by atomic mass is 15.0. The number of nitrogens with zero attached hydrogens (tertiary/aromatic N) is 1. The van der Waals surface area contributed by atoms with Gasteiger partial charge in [-0.15, -0.1) is 0 Å². The van der Waals surface area contributed by atoms with Crippen molar-refractivity contribution in [3.05, 3.63) is 107 Å². The maximum absolute atomic E-state index is 2.51. The van der Waals surface area contributed by atoms with Crippen LogP contribution in [0.3, 0.4) is 0 Å². The van der Waals surface area contributed by atoms with Gasteiger partial charge in [0.25, 0.3) is 0 Å². The molecule has 0 atom stereocenters. The molecular formula is C30H27N. The molecule has 5 aromatic rings. The summed E-state index contributed by atoms with van der Waals surface area (Å²) in [4.78, 5) is 0. The molecule has 1 aliphatic rings. The molecule has 0 N–H and O–H groups in total. The SMILES string of the molecule is Cc1cc(C)cc(Cn2c3ccccc3c3c4c(ccc32)-c2ccccc2C4(C)C)c1. The number of fused-ring (bicyclic) bond motifs is 7. The summed E-state index contributed by atoms with van der Waals surface area (Å²) < 4.78 is 2.51. The molecule has 0 aliphatic heterocycles. The van der Waals surface area contributed by atoms with Crippen LogP contribution in [0.2, 0.25) is 0 Å². The molecule has 0 saturated heterocycles. The lowest BCUT2D eigenvalue weighted by atomic mass is 9.80. The first kappa shape index (κ1) is 18.4. The van der Waals surface area contributed by atoms with E-state index in [-0.39, 0.29) is 5.41 Å². The van der Waals surface area contributed by atoms with E-state index in [2.05, 4.69) is 111 Å². The fourth-order valence-corrected chi connectivity index (χ4v) is 5.92. The van der Waals surface area contributed by atoms with Gasteiger partial charge in [-0.2, -0.15) is 0 Å². The molecule has 4 aromatic carbocycles. The first-order chi connectivity index (χ1) is 14.9. The Morgan fingerprint density at radius 3 is 2.23 bits per heavy atom. The summed E-state index contributed by atoms with van der Waals surface area (Å²) >= 11 is 0. The van der Waals surface area contributed by atoms with Crippen LogP contribution >= 0.6 is 0 Å². The fourth-order valence-electron chi connectivity index (χ4n) is 5.92. The van der Waals surface area contributed by atoms with Gasteiger partial charge in [-0.1, -0.05) is 91.7 Å². The standard InChI is InChI=1S/C30H27N/c1-19-15-20(2)17-21(16-19)18-31-26-12-8-6-10-24(26)28-27(31)14-13-23-22-9-5-7-11-25(22)30(3,4)29(23)28/h5-17H,18H2,1-4H3. The minimum Gasteiger partial charge on any atom is -0.336 e. The molecule has 0 saturated carbocycles. The van der Waals surface area contributed by atoms with Crippen LogP contribution in [0.4, 0.5) is 0 Å². The highest BCUT2D eigenvalue weighted by Crippen LogP contribution is 2.52. The van der Waals surface area contributed by atoms with Crippen LogP contribution in [0.25, 0.3) is 32.9 Å². The van der Waals surface area contributed by atoms with E-state index < -0.39 is 0 Å². The van der Waals surface area contributed by atoms with Crippen LogP contribution in [0, 0.1) is 13.8 Å². The van der Waals surface area contributed by atoms with E-state index in [1.165, 1.54) is 60.8 Å². The number of benzene rings is 4. The zero-order chi connectivity index (χ0) is 21.3. The minimum atomic E-state index is -0.0136. The highest BCUT2D eigenvalue weighted by Gasteiger charge is 2.37. The zero-order valence-corrected chi connectivity index (χ0v) is 18.7. The molecule has 0 unspecified atom stereocenters. The van der Waals surface area contributed by atoms with Gasteiger partial charge in [-0.05, 0) is 53.8 Å². The van der Waals surface area contributed by atoms with Crippen molar-refractivity contribution >= 4 is 21.8 Å². The van der Waals surface area contributed by atoms with Gasteiger partial charge in [0.2, 0.25) is 0 Å². The topological polar surface area (TPSA) is 4.93 Å². The minimum absolute atomic E-state index is 0.0136. The van der Waals surface area contributed by atoms with E-state index in [9.17, 15) is 0 Å². The second-order valence-corrected chi connectivity index (χ2v) is 9.65. The number of aromatic nitrogens is 1. The first-order valence-electron chi connectivity index (χ1n) is 11.2. The van der Waals surface area contributed by atoms with Crippen LogP contribution in [0.15, 0.2) is 78.9 Å². The van der Waals surface area contributed by atoms with Crippen molar-refractivity contribution in [3.63, 3.8) is 0 Å². The van der Waals surface area contributed by atoms with Gasteiger partial charge in [-0.25, -0.2) is 0 Å². The smallest absolute Gasteiger partial charge is 0.0498 e. The Balaban J connectivity index is 1.68. The average Bonchev–Trinajstić information content (AvgIpc) is 3.18. The van der Waals surface area contributed by atoms with Crippen molar-refractivity contribution in [1.29, 1.82) is 0 Å². The average molecular weight is 402 g/mol. The van der Waals surface area contributed by atoms with Crippen molar-refractivity contribution in [2.75, 3.05) is 0 Å². The number of aryl methyl sites for hydroxylation is 2.